The summed E-state index contributed by atoms with van der Waals surface area (Å²) < 4.78 is 9.73. The van der Waals surface area contributed by atoms with E-state index in [2.05, 4.69) is 10.6 Å². The van der Waals surface area contributed by atoms with Crippen molar-refractivity contribution in [3.05, 3.63) is 35.9 Å². The second kappa shape index (κ2) is 10.1. The lowest BCUT2D eigenvalue weighted by atomic mass is 10.1. The Kier molecular flexibility index (Phi) is 7.43. The predicted octanol–water partition coefficient (Wildman–Crippen LogP) is 0.184. The monoisotopic (exact) mass is 474 g/mol. The van der Waals surface area contributed by atoms with Gasteiger partial charge in [0.05, 0.1) is 13.7 Å². The van der Waals surface area contributed by atoms with Crippen molar-refractivity contribution >= 4 is 29.8 Å². The molecule has 1 aromatic carbocycles. The molecule has 1 saturated heterocycles. The molecule has 0 bridgehead atoms. The third-order valence-electron chi connectivity index (χ3n) is 6.46. The van der Waals surface area contributed by atoms with Crippen LogP contribution in [0.2, 0.25) is 0 Å². The molecule has 11 nitrogen and oxygen atoms in total. The van der Waals surface area contributed by atoms with Crippen LogP contribution >= 0.6 is 0 Å². The molecule has 3 aliphatic rings. The van der Waals surface area contributed by atoms with Crippen molar-refractivity contribution in [2.45, 2.75) is 43.4 Å². The minimum atomic E-state index is -0.874. The molecule has 2 N–H and O–H groups in total. The molecule has 0 radical (unpaired) electrons. The number of likely N-dealkylation sites (N-methyl/N-ethyl adjacent to an activating group) is 2. The molecular weight excluding hydrogens is 444 g/mol. The average molecular weight is 475 g/mol. The topological polar surface area (TPSA) is 134 Å². The SMILES string of the molecule is CN1C(=O)CNC(=O)C12CC2.COC(=O)C1(N(C)C(=O)CNC(=O)OCc2ccccc2)CC1. The third kappa shape index (κ3) is 5.29. The minimum Gasteiger partial charge on any atom is -0.467 e. The molecule has 34 heavy (non-hydrogen) atoms. The zero-order valence-corrected chi connectivity index (χ0v) is 19.6. The van der Waals surface area contributed by atoms with Gasteiger partial charge in [0, 0.05) is 14.1 Å². The normalized spacial score (nSPS) is 18.6. The number of carbonyl (C=O) groups excluding carboxylic acids is 5. The van der Waals surface area contributed by atoms with Crippen molar-refractivity contribution in [3.8, 4) is 0 Å². The Morgan fingerprint density at radius 2 is 1.76 bits per heavy atom. The highest BCUT2D eigenvalue weighted by atomic mass is 16.5. The fourth-order valence-electron chi connectivity index (χ4n) is 3.77. The Morgan fingerprint density at radius 3 is 2.29 bits per heavy atom. The Morgan fingerprint density at radius 1 is 1.12 bits per heavy atom. The van der Waals surface area contributed by atoms with Crippen LogP contribution in [-0.2, 0) is 35.3 Å². The molecule has 4 amide bonds. The summed E-state index contributed by atoms with van der Waals surface area (Å²) in [5.74, 6) is -0.772. The maximum atomic E-state index is 12.1. The van der Waals surface area contributed by atoms with Gasteiger partial charge < -0.3 is 29.9 Å². The van der Waals surface area contributed by atoms with Crippen LogP contribution in [-0.4, -0.2) is 85.0 Å². The molecule has 0 atom stereocenters. The number of hydrogen-bond acceptors (Lipinski definition) is 7. The zero-order chi connectivity index (χ0) is 24.9. The second-order valence-electron chi connectivity index (χ2n) is 8.56. The van der Waals surface area contributed by atoms with E-state index in [0.717, 1.165) is 18.4 Å². The Hall–Kier alpha value is -3.63. The van der Waals surface area contributed by atoms with Gasteiger partial charge in [0.1, 0.15) is 24.2 Å². The van der Waals surface area contributed by atoms with E-state index in [9.17, 15) is 24.0 Å². The number of esters is 1. The number of benzene rings is 1. The summed E-state index contributed by atoms with van der Waals surface area (Å²) in [4.78, 5) is 60.6. The molecule has 11 heteroatoms. The van der Waals surface area contributed by atoms with E-state index in [4.69, 9.17) is 9.47 Å². The lowest BCUT2D eigenvalue weighted by molar-refractivity contribution is -0.153. The van der Waals surface area contributed by atoms with Crippen LogP contribution < -0.4 is 10.6 Å². The summed E-state index contributed by atoms with van der Waals surface area (Å²) in [6, 6.07) is 9.22. The smallest absolute Gasteiger partial charge is 0.407 e. The van der Waals surface area contributed by atoms with Crippen LogP contribution in [0.25, 0.3) is 0 Å². The third-order valence-corrected chi connectivity index (χ3v) is 6.46. The lowest BCUT2D eigenvalue weighted by Gasteiger charge is -2.31. The van der Waals surface area contributed by atoms with Gasteiger partial charge in [-0.05, 0) is 31.2 Å². The highest BCUT2D eigenvalue weighted by Gasteiger charge is 2.57. The van der Waals surface area contributed by atoms with Crippen LogP contribution in [0.3, 0.4) is 0 Å². The van der Waals surface area contributed by atoms with E-state index >= 15 is 0 Å². The van der Waals surface area contributed by atoms with Gasteiger partial charge in [-0.25, -0.2) is 9.59 Å². The van der Waals surface area contributed by atoms with Crippen LogP contribution in [0.1, 0.15) is 31.2 Å². The van der Waals surface area contributed by atoms with Gasteiger partial charge in [0.25, 0.3) is 0 Å². The number of carbonyl (C=O) groups is 5. The van der Waals surface area contributed by atoms with Crippen LogP contribution in [0.15, 0.2) is 30.3 Å². The number of piperazine rings is 1. The first-order valence-corrected chi connectivity index (χ1v) is 11.0. The van der Waals surface area contributed by atoms with Crippen molar-refractivity contribution in [1.29, 1.82) is 0 Å². The first-order valence-electron chi connectivity index (χ1n) is 11.0. The molecule has 2 saturated carbocycles. The fraction of sp³-hybridized carbons (Fsp3) is 0.522. The standard InChI is InChI=1S/C16H20N2O5.C7H10N2O2/c1-18(16(8-9-16)14(20)22-2)13(19)10-17-15(21)23-11-12-6-4-3-5-7-12;1-9-5(10)4-8-6(11)7(9)2-3-7/h3-7H,8-11H2,1-2H3,(H,17,21);2-4H2,1H3,(H,8,11). The number of nitrogens with one attached hydrogen (secondary N) is 2. The molecule has 2 aliphatic carbocycles. The van der Waals surface area contributed by atoms with Crippen LogP contribution in [0, 0.1) is 0 Å². The van der Waals surface area contributed by atoms with Gasteiger partial charge in [-0.15, -0.1) is 0 Å². The van der Waals surface area contributed by atoms with Crippen LogP contribution in [0.4, 0.5) is 4.79 Å². The summed E-state index contributed by atoms with van der Waals surface area (Å²) in [5, 5.41) is 4.97. The lowest BCUT2D eigenvalue weighted by Crippen LogP contribution is -2.58. The number of rotatable bonds is 6. The summed E-state index contributed by atoms with van der Waals surface area (Å²) >= 11 is 0. The largest absolute Gasteiger partial charge is 0.467 e. The van der Waals surface area contributed by atoms with E-state index in [0.29, 0.717) is 12.8 Å². The summed E-state index contributed by atoms with van der Waals surface area (Å²) in [6.45, 7) is 0.0583. The minimum absolute atomic E-state index is 0.0135. The van der Waals surface area contributed by atoms with E-state index in [1.807, 2.05) is 30.3 Å². The predicted molar refractivity (Wildman–Crippen MR) is 119 cm³/mol. The molecule has 0 aromatic heterocycles. The number of alkyl carbamates (subject to hydrolysis) is 1. The van der Waals surface area contributed by atoms with Gasteiger partial charge in [-0.2, -0.15) is 0 Å². The van der Waals surface area contributed by atoms with Crippen molar-refractivity contribution in [1.82, 2.24) is 20.4 Å². The quantitative estimate of drug-likeness (QED) is 0.562. The molecule has 1 aromatic rings. The van der Waals surface area contributed by atoms with Crippen LogP contribution in [0.5, 0.6) is 0 Å². The van der Waals surface area contributed by atoms with Crippen molar-refractivity contribution in [2.75, 3.05) is 34.3 Å². The molecule has 1 aliphatic heterocycles. The van der Waals surface area contributed by atoms with Gasteiger partial charge in [-0.1, -0.05) is 30.3 Å². The number of ether oxygens (including phenoxy) is 2. The molecule has 3 fully saturated rings. The fourth-order valence-corrected chi connectivity index (χ4v) is 3.77. The number of nitrogens with zero attached hydrogens (tertiary/aromatic N) is 2. The van der Waals surface area contributed by atoms with E-state index in [1.54, 1.807) is 11.9 Å². The number of amides is 4. The van der Waals surface area contributed by atoms with Gasteiger partial charge in [-0.3, -0.25) is 14.4 Å². The zero-order valence-electron chi connectivity index (χ0n) is 19.6. The molecule has 1 heterocycles. The van der Waals surface area contributed by atoms with Gasteiger partial charge in [0.15, 0.2) is 0 Å². The maximum Gasteiger partial charge on any atom is 0.407 e. The van der Waals surface area contributed by atoms with Gasteiger partial charge >= 0.3 is 12.1 Å². The van der Waals surface area contributed by atoms with E-state index in [1.165, 1.54) is 19.1 Å². The molecule has 0 unspecified atom stereocenters. The summed E-state index contributed by atoms with van der Waals surface area (Å²) in [7, 11) is 4.53. The Bertz CT molecular complexity index is 957. The molecule has 4 rings (SSSR count). The second-order valence-corrected chi connectivity index (χ2v) is 8.56. The Balaban J connectivity index is 0.000000243. The molecule has 184 valence electrons. The first-order chi connectivity index (χ1) is 16.2. The van der Waals surface area contributed by atoms with E-state index in [-0.39, 0.29) is 37.4 Å². The number of hydrogen-bond donors (Lipinski definition) is 2. The Labute approximate surface area is 197 Å². The molecular formula is C23H30N4O7. The van der Waals surface area contributed by atoms with E-state index < -0.39 is 23.1 Å². The molecule has 1 spiro atoms. The average Bonchev–Trinajstić information content (AvgIpc) is 3.77. The first kappa shape index (κ1) is 25.0. The van der Waals surface area contributed by atoms with Crippen molar-refractivity contribution < 1.29 is 33.4 Å². The highest BCUT2D eigenvalue weighted by molar-refractivity contribution is 5.99. The van der Waals surface area contributed by atoms with Gasteiger partial charge in [0.2, 0.25) is 17.7 Å². The van der Waals surface area contributed by atoms with Crippen molar-refractivity contribution in [2.24, 2.45) is 0 Å². The highest BCUT2D eigenvalue weighted by Crippen LogP contribution is 2.42. The maximum absolute atomic E-state index is 12.1. The summed E-state index contributed by atoms with van der Waals surface area (Å²) in [6.07, 6.45) is 2.10. The summed E-state index contributed by atoms with van der Waals surface area (Å²) in [5.41, 5.74) is -0.467. The number of methoxy groups -OCH3 is 1. The van der Waals surface area contributed by atoms with Crippen molar-refractivity contribution in [3.63, 3.8) is 0 Å².